The highest BCUT2D eigenvalue weighted by Crippen LogP contribution is 2.39. The summed E-state index contributed by atoms with van der Waals surface area (Å²) in [4.78, 5) is 43.4. The second kappa shape index (κ2) is 7.99. The highest BCUT2D eigenvalue weighted by atomic mass is 32.1. The van der Waals surface area contributed by atoms with Crippen LogP contribution in [0.5, 0.6) is 0 Å². The second-order valence-corrected chi connectivity index (χ2v) is 9.53. The molecule has 2 fully saturated rings. The van der Waals surface area contributed by atoms with Gasteiger partial charge in [-0.3, -0.25) is 19.3 Å². The lowest BCUT2D eigenvalue weighted by atomic mass is 9.81. The number of hydrogen-bond acceptors (Lipinski definition) is 4. The van der Waals surface area contributed by atoms with Crippen LogP contribution in [-0.4, -0.2) is 40.6 Å². The van der Waals surface area contributed by atoms with E-state index in [1.807, 2.05) is 23.1 Å². The summed E-state index contributed by atoms with van der Waals surface area (Å²) in [7, 11) is 0. The Morgan fingerprint density at radius 2 is 1.70 bits per heavy atom. The van der Waals surface area contributed by atoms with Crippen molar-refractivity contribution < 1.29 is 14.4 Å². The van der Waals surface area contributed by atoms with Crippen molar-refractivity contribution in [1.29, 1.82) is 0 Å². The molecule has 1 aromatic carbocycles. The predicted octanol–water partition coefficient (Wildman–Crippen LogP) is 3.79. The van der Waals surface area contributed by atoms with Gasteiger partial charge in [-0.05, 0) is 41.8 Å². The van der Waals surface area contributed by atoms with Crippen LogP contribution < -0.4 is 0 Å². The Balaban J connectivity index is 1.33. The van der Waals surface area contributed by atoms with E-state index < -0.39 is 0 Å². The van der Waals surface area contributed by atoms with Crippen molar-refractivity contribution in [2.45, 2.75) is 44.6 Å². The highest BCUT2D eigenvalue weighted by molar-refractivity contribution is 7.10. The molecule has 3 heterocycles. The van der Waals surface area contributed by atoms with Gasteiger partial charge in [0.05, 0.1) is 17.9 Å². The Kier molecular flexibility index (Phi) is 5.19. The normalized spacial score (nSPS) is 25.9. The van der Waals surface area contributed by atoms with Crippen LogP contribution in [0.4, 0.5) is 0 Å². The molecule has 30 heavy (non-hydrogen) atoms. The van der Waals surface area contributed by atoms with Gasteiger partial charge in [0.15, 0.2) is 0 Å². The molecule has 156 valence electrons. The molecule has 3 amide bonds. The van der Waals surface area contributed by atoms with Gasteiger partial charge in [0.2, 0.25) is 17.7 Å². The molecule has 0 N–H and O–H groups in total. The first-order chi connectivity index (χ1) is 14.6. The Hall–Kier alpha value is -2.47. The standard InChI is InChI=1S/C24H26N2O3S/c27-21(11-14-26-23(28)17-8-4-5-9-18(17)24(26)29)25-13-10-20-19(12-15-30-20)22(25)16-6-2-1-3-7-16/h1-3,6-7,12,15,17-18,22H,4-5,8-11,13-14H2. The molecule has 1 saturated heterocycles. The minimum absolute atomic E-state index is 0.0103. The van der Waals surface area contributed by atoms with Crippen LogP contribution in [-0.2, 0) is 20.8 Å². The molecular formula is C24H26N2O3S. The van der Waals surface area contributed by atoms with E-state index in [-0.39, 0.29) is 48.6 Å². The van der Waals surface area contributed by atoms with Gasteiger partial charge < -0.3 is 4.90 Å². The summed E-state index contributed by atoms with van der Waals surface area (Å²) < 4.78 is 0. The van der Waals surface area contributed by atoms with Crippen LogP contribution >= 0.6 is 11.3 Å². The van der Waals surface area contributed by atoms with Crippen LogP contribution in [0.15, 0.2) is 41.8 Å². The molecular weight excluding hydrogens is 396 g/mol. The molecule has 2 aromatic rings. The number of carbonyl (C=O) groups excluding carboxylic acids is 3. The first kappa shape index (κ1) is 19.5. The Labute approximate surface area is 180 Å². The number of benzene rings is 1. The first-order valence-electron chi connectivity index (χ1n) is 10.9. The van der Waals surface area contributed by atoms with Crippen molar-refractivity contribution in [3.05, 3.63) is 57.8 Å². The topological polar surface area (TPSA) is 57.7 Å². The number of carbonyl (C=O) groups is 3. The van der Waals surface area contributed by atoms with Gasteiger partial charge >= 0.3 is 0 Å². The zero-order chi connectivity index (χ0) is 20.7. The first-order valence-corrected chi connectivity index (χ1v) is 11.8. The van der Waals surface area contributed by atoms with E-state index in [0.29, 0.717) is 6.54 Å². The Morgan fingerprint density at radius 3 is 2.40 bits per heavy atom. The van der Waals surface area contributed by atoms with Crippen LogP contribution in [0.3, 0.4) is 0 Å². The van der Waals surface area contributed by atoms with Crippen LogP contribution in [0, 0.1) is 11.8 Å². The number of hydrogen-bond donors (Lipinski definition) is 0. The fourth-order valence-corrected chi connectivity index (χ4v) is 6.29. The van der Waals surface area contributed by atoms with E-state index in [9.17, 15) is 14.4 Å². The van der Waals surface area contributed by atoms with Gasteiger partial charge in [-0.2, -0.15) is 0 Å². The van der Waals surface area contributed by atoms with Gasteiger partial charge in [-0.15, -0.1) is 11.3 Å². The minimum Gasteiger partial charge on any atom is -0.331 e. The van der Waals surface area contributed by atoms with Gasteiger partial charge in [-0.25, -0.2) is 0 Å². The number of thiophene rings is 1. The number of amides is 3. The monoisotopic (exact) mass is 422 g/mol. The summed E-state index contributed by atoms with van der Waals surface area (Å²) in [6, 6.07) is 12.1. The quantitative estimate of drug-likeness (QED) is 0.705. The van der Waals surface area contributed by atoms with E-state index >= 15 is 0 Å². The average Bonchev–Trinajstić information content (AvgIpc) is 3.35. The third kappa shape index (κ3) is 3.27. The van der Waals surface area contributed by atoms with Crippen molar-refractivity contribution in [3.8, 4) is 0 Å². The second-order valence-electron chi connectivity index (χ2n) is 8.53. The van der Waals surface area contributed by atoms with E-state index in [4.69, 9.17) is 0 Å². The van der Waals surface area contributed by atoms with Gasteiger partial charge in [0.1, 0.15) is 0 Å². The van der Waals surface area contributed by atoms with Crippen molar-refractivity contribution in [3.63, 3.8) is 0 Å². The third-order valence-corrected chi connectivity index (χ3v) is 7.88. The predicted molar refractivity (Wildman–Crippen MR) is 115 cm³/mol. The molecule has 5 nitrogen and oxygen atoms in total. The third-order valence-electron chi connectivity index (χ3n) is 6.88. The van der Waals surface area contributed by atoms with Gasteiger partial charge in [0.25, 0.3) is 0 Å². The molecule has 5 rings (SSSR count). The van der Waals surface area contributed by atoms with Gasteiger partial charge in [-0.1, -0.05) is 43.2 Å². The summed E-state index contributed by atoms with van der Waals surface area (Å²) in [5.74, 6) is -0.411. The molecule has 3 unspecified atom stereocenters. The van der Waals surface area contributed by atoms with Crippen LogP contribution in [0.1, 0.15) is 54.1 Å². The summed E-state index contributed by atoms with van der Waals surface area (Å²) >= 11 is 1.75. The number of rotatable bonds is 4. The SMILES string of the molecule is O=C1C2CCCCC2C(=O)N1CCC(=O)N1CCc2sccc2C1c1ccccc1. The largest absolute Gasteiger partial charge is 0.331 e. The lowest BCUT2D eigenvalue weighted by molar-refractivity contribution is -0.141. The fraction of sp³-hybridized carbons (Fsp3) is 0.458. The van der Waals surface area contributed by atoms with Crippen molar-refractivity contribution in [2.75, 3.05) is 13.1 Å². The molecule has 0 radical (unpaired) electrons. The zero-order valence-corrected chi connectivity index (χ0v) is 17.8. The van der Waals surface area contributed by atoms with Crippen molar-refractivity contribution >= 4 is 29.1 Å². The maximum atomic E-state index is 13.3. The average molecular weight is 423 g/mol. The highest BCUT2D eigenvalue weighted by Gasteiger charge is 2.48. The van der Waals surface area contributed by atoms with E-state index in [2.05, 4.69) is 23.6 Å². The van der Waals surface area contributed by atoms with Crippen LogP contribution in [0.25, 0.3) is 0 Å². The molecule has 3 aliphatic rings. The fourth-order valence-electron chi connectivity index (χ4n) is 5.38. The lowest BCUT2D eigenvalue weighted by Crippen LogP contribution is -2.42. The van der Waals surface area contributed by atoms with E-state index in [1.165, 1.54) is 15.3 Å². The van der Waals surface area contributed by atoms with Crippen molar-refractivity contribution in [2.24, 2.45) is 11.8 Å². The number of fused-ring (bicyclic) bond motifs is 2. The van der Waals surface area contributed by atoms with E-state index in [0.717, 1.165) is 37.7 Å². The molecule has 2 aliphatic heterocycles. The van der Waals surface area contributed by atoms with Crippen LogP contribution in [0.2, 0.25) is 0 Å². The molecule has 0 spiro atoms. The summed E-state index contributed by atoms with van der Waals surface area (Å²) in [5, 5.41) is 2.10. The molecule has 3 atom stereocenters. The maximum absolute atomic E-state index is 13.3. The summed E-state index contributed by atoms with van der Waals surface area (Å²) in [6.45, 7) is 0.872. The Bertz CT molecular complexity index is 946. The zero-order valence-electron chi connectivity index (χ0n) is 17.0. The molecule has 6 heteroatoms. The molecule has 1 saturated carbocycles. The van der Waals surface area contributed by atoms with E-state index in [1.54, 1.807) is 11.3 Å². The lowest BCUT2D eigenvalue weighted by Gasteiger charge is -2.36. The van der Waals surface area contributed by atoms with Crippen molar-refractivity contribution in [1.82, 2.24) is 9.80 Å². The molecule has 1 aliphatic carbocycles. The summed E-state index contributed by atoms with van der Waals surface area (Å²) in [5.41, 5.74) is 2.30. The number of likely N-dealkylation sites (tertiary alicyclic amines) is 1. The molecule has 1 aromatic heterocycles. The minimum atomic E-state index is -0.151. The maximum Gasteiger partial charge on any atom is 0.233 e. The molecule has 0 bridgehead atoms. The van der Waals surface area contributed by atoms with Gasteiger partial charge in [0, 0.05) is 24.4 Å². The smallest absolute Gasteiger partial charge is 0.233 e. The summed E-state index contributed by atoms with van der Waals surface area (Å²) in [6.07, 6.45) is 4.70. The number of nitrogens with zero attached hydrogens (tertiary/aromatic N) is 2. The Morgan fingerprint density at radius 1 is 1.00 bits per heavy atom. The number of imide groups is 1.